The van der Waals surface area contributed by atoms with Gasteiger partial charge in [-0.15, -0.1) is 0 Å². The molecule has 0 radical (unpaired) electrons. The molecule has 21 heavy (non-hydrogen) atoms. The lowest BCUT2D eigenvalue weighted by molar-refractivity contribution is -0.384. The number of nitrogens with zero attached hydrogens (tertiary/aromatic N) is 2. The topological polar surface area (TPSA) is 85.1 Å². The average molecular weight is 358 g/mol. The number of carbonyl (C=O) groups excluding carboxylic acids is 1. The predicted molar refractivity (Wildman–Crippen MR) is 72.9 cm³/mol. The Hall–Kier alpha value is -2.42. The summed E-state index contributed by atoms with van der Waals surface area (Å²) in [5, 5.41) is 12.8. The van der Waals surface area contributed by atoms with Gasteiger partial charge in [-0.2, -0.15) is 0 Å². The quantitative estimate of drug-likeness (QED) is 0.518. The molecule has 1 aromatic heterocycles. The Kier molecular flexibility index (Phi) is 4.22. The first-order valence-corrected chi connectivity index (χ1v) is 6.24. The molecule has 1 N–H and O–H groups in total. The minimum Gasteiger partial charge on any atom is -0.314 e. The van der Waals surface area contributed by atoms with Crippen molar-refractivity contribution in [1.82, 2.24) is 4.98 Å². The molecule has 2 aromatic rings. The third-order valence-electron chi connectivity index (χ3n) is 2.50. The number of nitrogens with one attached hydrogen (secondary N) is 1. The fourth-order valence-corrected chi connectivity index (χ4v) is 1.91. The first-order valence-electron chi connectivity index (χ1n) is 5.45. The lowest BCUT2D eigenvalue weighted by Gasteiger charge is -2.07. The van der Waals surface area contributed by atoms with Crippen molar-refractivity contribution in [3.8, 4) is 0 Å². The average Bonchev–Trinajstić information content (AvgIpc) is 2.43. The predicted octanol–water partition coefficient (Wildman–Crippen LogP) is 3.28. The van der Waals surface area contributed by atoms with Crippen LogP contribution in [0.15, 0.2) is 35.1 Å². The molecule has 0 fully saturated rings. The molecule has 6 nitrogen and oxygen atoms in total. The molecule has 2 rings (SSSR count). The van der Waals surface area contributed by atoms with Gasteiger partial charge in [-0.1, -0.05) is 0 Å². The number of hydrogen-bond acceptors (Lipinski definition) is 4. The standard InChI is InChI=1S/C12H6BrF2N3O3/c13-9-5-6(3-4-16-9)12(19)17-11-8(18(20)21)2-1-7(14)10(11)15/h1-5H,(H,17,19). The van der Waals surface area contributed by atoms with Crippen LogP contribution in [0.4, 0.5) is 20.2 Å². The minimum absolute atomic E-state index is 0.0786. The minimum atomic E-state index is -1.49. The Morgan fingerprint density at radius 3 is 2.67 bits per heavy atom. The third kappa shape index (κ3) is 3.19. The van der Waals surface area contributed by atoms with E-state index in [4.69, 9.17) is 0 Å². The van der Waals surface area contributed by atoms with Crippen LogP contribution in [0, 0.1) is 21.7 Å². The van der Waals surface area contributed by atoms with Crippen molar-refractivity contribution < 1.29 is 18.5 Å². The maximum Gasteiger partial charge on any atom is 0.296 e. The fourth-order valence-electron chi connectivity index (χ4n) is 1.54. The second kappa shape index (κ2) is 5.92. The van der Waals surface area contributed by atoms with E-state index in [9.17, 15) is 23.7 Å². The number of benzene rings is 1. The normalized spacial score (nSPS) is 10.2. The molecule has 0 saturated heterocycles. The molecule has 0 aliphatic rings. The van der Waals surface area contributed by atoms with Crippen molar-refractivity contribution in [2.75, 3.05) is 5.32 Å². The Bertz CT molecular complexity index is 740. The number of carbonyl (C=O) groups is 1. The van der Waals surface area contributed by atoms with Crippen molar-refractivity contribution in [3.63, 3.8) is 0 Å². The largest absolute Gasteiger partial charge is 0.314 e. The molecule has 0 unspecified atom stereocenters. The molecular formula is C12H6BrF2N3O3. The number of amides is 1. The number of nitro benzene ring substituents is 1. The molecule has 1 heterocycles. The molecule has 0 spiro atoms. The van der Waals surface area contributed by atoms with Gasteiger partial charge < -0.3 is 5.32 Å². The molecule has 108 valence electrons. The zero-order chi connectivity index (χ0) is 15.6. The van der Waals surface area contributed by atoms with Crippen molar-refractivity contribution >= 4 is 33.2 Å². The molecule has 0 saturated carbocycles. The molecular weight excluding hydrogens is 352 g/mol. The van der Waals surface area contributed by atoms with Gasteiger partial charge in [-0.3, -0.25) is 14.9 Å². The molecule has 1 aromatic carbocycles. The highest BCUT2D eigenvalue weighted by atomic mass is 79.9. The summed E-state index contributed by atoms with van der Waals surface area (Å²) in [4.78, 5) is 25.6. The molecule has 0 aliphatic carbocycles. The zero-order valence-corrected chi connectivity index (χ0v) is 11.7. The van der Waals surface area contributed by atoms with Crippen LogP contribution in [0.3, 0.4) is 0 Å². The number of hydrogen-bond donors (Lipinski definition) is 1. The van der Waals surface area contributed by atoms with E-state index in [0.29, 0.717) is 10.7 Å². The van der Waals surface area contributed by atoms with E-state index in [1.165, 1.54) is 18.3 Å². The Morgan fingerprint density at radius 1 is 1.33 bits per heavy atom. The Balaban J connectivity index is 2.41. The van der Waals surface area contributed by atoms with Gasteiger partial charge in [0.1, 0.15) is 4.60 Å². The van der Waals surface area contributed by atoms with Crippen LogP contribution in [-0.4, -0.2) is 15.8 Å². The Labute approximate surface area is 125 Å². The number of rotatable bonds is 3. The van der Waals surface area contributed by atoms with Crippen LogP contribution in [-0.2, 0) is 0 Å². The summed E-state index contributed by atoms with van der Waals surface area (Å²) < 4.78 is 27.2. The lowest BCUT2D eigenvalue weighted by Crippen LogP contribution is -2.15. The summed E-state index contributed by atoms with van der Waals surface area (Å²) in [5.41, 5.74) is -1.48. The smallest absolute Gasteiger partial charge is 0.296 e. The van der Waals surface area contributed by atoms with Crippen LogP contribution in [0.25, 0.3) is 0 Å². The van der Waals surface area contributed by atoms with Crippen molar-refractivity contribution in [2.45, 2.75) is 0 Å². The fraction of sp³-hybridized carbons (Fsp3) is 0. The molecule has 0 aliphatic heterocycles. The molecule has 0 bridgehead atoms. The van der Waals surface area contributed by atoms with Gasteiger partial charge in [0.2, 0.25) is 0 Å². The first kappa shape index (κ1) is 15.0. The SMILES string of the molecule is O=C(Nc1c([N+](=O)[O-])ccc(F)c1F)c1ccnc(Br)c1. The summed E-state index contributed by atoms with van der Waals surface area (Å²) in [6.45, 7) is 0. The van der Waals surface area contributed by atoms with Crippen LogP contribution in [0.1, 0.15) is 10.4 Å². The number of nitro groups is 1. The second-order valence-electron chi connectivity index (χ2n) is 3.83. The van der Waals surface area contributed by atoms with Gasteiger partial charge >= 0.3 is 0 Å². The number of aromatic nitrogens is 1. The van der Waals surface area contributed by atoms with E-state index < -0.39 is 33.8 Å². The van der Waals surface area contributed by atoms with Crippen LogP contribution in [0.5, 0.6) is 0 Å². The maximum atomic E-state index is 13.7. The summed E-state index contributed by atoms with van der Waals surface area (Å²) in [6.07, 6.45) is 1.31. The van der Waals surface area contributed by atoms with Crippen LogP contribution >= 0.6 is 15.9 Å². The van der Waals surface area contributed by atoms with Crippen molar-refractivity contribution in [3.05, 3.63) is 62.4 Å². The lowest BCUT2D eigenvalue weighted by atomic mass is 10.2. The maximum absolute atomic E-state index is 13.7. The highest BCUT2D eigenvalue weighted by molar-refractivity contribution is 9.10. The van der Waals surface area contributed by atoms with E-state index in [-0.39, 0.29) is 5.56 Å². The summed E-state index contributed by atoms with van der Waals surface area (Å²) in [7, 11) is 0. The summed E-state index contributed by atoms with van der Waals surface area (Å²) in [5.74, 6) is -3.62. The van der Waals surface area contributed by atoms with Gasteiger partial charge in [0, 0.05) is 17.8 Å². The highest BCUT2D eigenvalue weighted by Crippen LogP contribution is 2.29. The number of anilines is 1. The molecule has 0 atom stereocenters. The van der Waals surface area contributed by atoms with Gasteiger partial charge in [-0.25, -0.2) is 13.8 Å². The van der Waals surface area contributed by atoms with Gasteiger partial charge in [-0.05, 0) is 34.1 Å². The zero-order valence-electron chi connectivity index (χ0n) is 10.1. The van der Waals surface area contributed by atoms with E-state index in [2.05, 4.69) is 20.9 Å². The van der Waals surface area contributed by atoms with Crippen molar-refractivity contribution in [1.29, 1.82) is 0 Å². The number of pyridine rings is 1. The number of halogens is 3. The summed E-state index contributed by atoms with van der Waals surface area (Å²) in [6, 6.07) is 4.05. The van der Waals surface area contributed by atoms with Gasteiger partial charge in [0.15, 0.2) is 17.3 Å². The summed E-state index contributed by atoms with van der Waals surface area (Å²) >= 11 is 3.05. The van der Waals surface area contributed by atoms with Gasteiger partial charge in [0.05, 0.1) is 4.92 Å². The monoisotopic (exact) mass is 357 g/mol. The Morgan fingerprint density at radius 2 is 2.05 bits per heavy atom. The van der Waals surface area contributed by atoms with E-state index >= 15 is 0 Å². The third-order valence-corrected chi connectivity index (χ3v) is 2.93. The van der Waals surface area contributed by atoms with Crippen molar-refractivity contribution in [2.24, 2.45) is 0 Å². The van der Waals surface area contributed by atoms with E-state index in [1.807, 2.05) is 5.32 Å². The molecule has 1 amide bonds. The highest BCUT2D eigenvalue weighted by Gasteiger charge is 2.23. The van der Waals surface area contributed by atoms with Crippen LogP contribution < -0.4 is 5.32 Å². The second-order valence-corrected chi connectivity index (χ2v) is 4.65. The van der Waals surface area contributed by atoms with E-state index in [0.717, 1.165) is 6.07 Å². The van der Waals surface area contributed by atoms with Gasteiger partial charge in [0.25, 0.3) is 11.6 Å². The van der Waals surface area contributed by atoms with E-state index in [1.54, 1.807) is 0 Å². The first-order chi connectivity index (χ1) is 9.90. The molecule has 9 heteroatoms. The van der Waals surface area contributed by atoms with Crippen LogP contribution in [0.2, 0.25) is 0 Å².